The second kappa shape index (κ2) is 7.05. The molecule has 158 valence electrons. The highest BCUT2D eigenvalue weighted by Crippen LogP contribution is 2.39. The summed E-state index contributed by atoms with van der Waals surface area (Å²) >= 11 is 0. The lowest BCUT2D eigenvalue weighted by Crippen LogP contribution is -2.15. The minimum Gasteiger partial charge on any atom is -0.486 e. The third-order valence-electron chi connectivity index (χ3n) is 6.02. The van der Waals surface area contributed by atoms with Crippen LogP contribution in [0.2, 0.25) is 0 Å². The molecule has 0 N–H and O–H groups in total. The van der Waals surface area contributed by atoms with Crippen molar-refractivity contribution in [1.82, 2.24) is 14.8 Å². The fraction of sp³-hybridized carbons (Fsp3) is 0.154. The highest BCUT2D eigenvalue weighted by atomic mass is 19.1. The molecule has 0 fully saturated rings. The summed E-state index contributed by atoms with van der Waals surface area (Å²) in [5, 5.41) is 6.78. The van der Waals surface area contributed by atoms with Gasteiger partial charge in [-0.3, -0.25) is 4.98 Å². The number of ether oxygens (including phenoxy) is 2. The Balaban J connectivity index is 1.70. The van der Waals surface area contributed by atoms with E-state index in [1.54, 1.807) is 12.1 Å². The van der Waals surface area contributed by atoms with Gasteiger partial charge in [0, 0.05) is 28.6 Å². The van der Waals surface area contributed by atoms with Crippen molar-refractivity contribution in [3.8, 4) is 28.4 Å². The van der Waals surface area contributed by atoms with E-state index in [0.29, 0.717) is 24.7 Å². The van der Waals surface area contributed by atoms with Gasteiger partial charge in [-0.15, -0.1) is 0 Å². The van der Waals surface area contributed by atoms with E-state index in [9.17, 15) is 4.39 Å². The zero-order chi connectivity index (χ0) is 21.8. The van der Waals surface area contributed by atoms with Crippen LogP contribution in [0.1, 0.15) is 11.1 Å². The number of nitrogens with zero attached hydrogens (tertiary/aromatic N) is 3. The molecule has 5 nitrogen and oxygen atoms in total. The van der Waals surface area contributed by atoms with Crippen LogP contribution in [0.25, 0.3) is 38.8 Å². The zero-order valence-electron chi connectivity index (χ0n) is 17.7. The van der Waals surface area contributed by atoms with E-state index in [-0.39, 0.29) is 5.82 Å². The van der Waals surface area contributed by atoms with Gasteiger partial charge in [-0.05, 0) is 67.4 Å². The van der Waals surface area contributed by atoms with Gasteiger partial charge in [0.15, 0.2) is 11.5 Å². The smallest absolute Gasteiger partial charge is 0.163 e. The molecule has 32 heavy (non-hydrogen) atoms. The Kier molecular flexibility index (Phi) is 4.15. The minimum absolute atomic E-state index is 0.279. The summed E-state index contributed by atoms with van der Waals surface area (Å²) in [5.74, 6) is 1.12. The van der Waals surface area contributed by atoms with E-state index in [1.165, 1.54) is 23.3 Å². The molecule has 5 aromatic rings. The third-order valence-corrected chi connectivity index (χ3v) is 6.02. The number of hydrogen-bond donors (Lipinski definition) is 0. The van der Waals surface area contributed by atoms with Crippen molar-refractivity contribution in [3.63, 3.8) is 0 Å². The molecule has 3 heterocycles. The minimum atomic E-state index is -0.279. The Bertz CT molecular complexity index is 1510. The van der Waals surface area contributed by atoms with Crippen molar-refractivity contribution in [2.75, 3.05) is 13.2 Å². The molecule has 0 aliphatic carbocycles. The number of hydrogen-bond acceptors (Lipinski definition) is 4. The van der Waals surface area contributed by atoms with Gasteiger partial charge in [0.25, 0.3) is 0 Å². The molecular formula is C26H20FN3O2. The molecule has 6 heteroatoms. The van der Waals surface area contributed by atoms with Crippen molar-refractivity contribution in [2.45, 2.75) is 13.8 Å². The highest BCUT2D eigenvalue weighted by Gasteiger charge is 2.20. The fourth-order valence-electron chi connectivity index (χ4n) is 4.19. The Hall–Kier alpha value is -3.93. The maximum Gasteiger partial charge on any atom is 0.163 e. The quantitative estimate of drug-likeness (QED) is 0.360. The van der Waals surface area contributed by atoms with Crippen LogP contribution < -0.4 is 9.47 Å². The van der Waals surface area contributed by atoms with Crippen LogP contribution in [-0.4, -0.2) is 28.0 Å². The summed E-state index contributed by atoms with van der Waals surface area (Å²) in [6, 6.07) is 16.6. The predicted molar refractivity (Wildman–Crippen MR) is 122 cm³/mol. The average Bonchev–Trinajstić information content (AvgIpc) is 3.20. The molecule has 0 atom stereocenters. The average molecular weight is 425 g/mol. The van der Waals surface area contributed by atoms with Crippen LogP contribution in [0.3, 0.4) is 0 Å². The predicted octanol–water partition coefficient (Wildman–Crippen LogP) is 5.77. The number of benzene rings is 3. The second-order valence-electron chi connectivity index (χ2n) is 8.07. The lowest BCUT2D eigenvalue weighted by Gasteiger charge is -2.19. The van der Waals surface area contributed by atoms with Gasteiger partial charge in [-0.2, -0.15) is 5.10 Å². The van der Waals surface area contributed by atoms with Crippen molar-refractivity contribution in [3.05, 3.63) is 77.7 Å². The molecule has 3 aromatic carbocycles. The molecule has 0 bridgehead atoms. The molecule has 0 saturated heterocycles. The third kappa shape index (κ3) is 2.91. The summed E-state index contributed by atoms with van der Waals surface area (Å²) in [6.45, 7) is 5.22. The van der Waals surface area contributed by atoms with Crippen LogP contribution in [0.15, 0.2) is 60.8 Å². The lowest BCUT2D eigenvalue weighted by atomic mass is 10.1. The number of aromatic nitrogens is 3. The van der Waals surface area contributed by atoms with Crippen LogP contribution in [-0.2, 0) is 0 Å². The number of aryl methyl sites for hydroxylation is 2. The lowest BCUT2D eigenvalue weighted by molar-refractivity contribution is 0.172. The van der Waals surface area contributed by atoms with Crippen molar-refractivity contribution in [2.24, 2.45) is 0 Å². The SMILES string of the molecule is Cc1ccc(-n2nc(-c3ccc(F)cc3)c3cnc4cc5c(cc4c32)OCCO5)cc1C. The molecule has 0 amide bonds. The van der Waals surface area contributed by atoms with E-state index in [2.05, 4.69) is 32.0 Å². The van der Waals surface area contributed by atoms with Crippen LogP contribution in [0, 0.1) is 19.7 Å². The molecule has 6 rings (SSSR count). The summed E-state index contributed by atoms with van der Waals surface area (Å²) in [6.07, 6.45) is 1.83. The molecule has 2 aromatic heterocycles. The Morgan fingerprint density at radius 3 is 2.34 bits per heavy atom. The Morgan fingerprint density at radius 2 is 1.59 bits per heavy atom. The standard InChI is InChI=1S/C26H20FN3O2/c1-15-3-8-19(11-16(15)2)30-26-20-12-23-24(32-10-9-31-23)13-22(20)28-14-21(26)25(29-30)17-4-6-18(27)7-5-17/h3-8,11-14H,9-10H2,1-2H3. The van der Waals surface area contributed by atoms with Gasteiger partial charge < -0.3 is 9.47 Å². The maximum absolute atomic E-state index is 13.6. The molecule has 0 spiro atoms. The summed E-state index contributed by atoms with van der Waals surface area (Å²) in [4.78, 5) is 4.70. The Labute approximate surface area is 184 Å². The molecule has 0 radical (unpaired) electrons. The highest BCUT2D eigenvalue weighted by molar-refractivity contribution is 6.09. The van der Waals surface area contributed by atoms with Crippen molar-refractivity contribution < 1.29 is 13.9 Å². The van der Waals surface area contributed by atoms with E-state index in [1.807, 2.05) is 23.0 Å². The number of halogens is 1. The van der Waals surface area contributed by atoms with Gasteiger partial charge in [0.2, 0.25) is 0 Å². The molecule has 1 aliphatic heterocycles. The van der Waals surface area contributed by atoms with Crippen LogP contribution in [0.5, 0.6) is 11.5 Å². The van der Waals surface area contributed by atoms with E-state index < -0.39 is 0 Å². The zero-order valence-corrected chi connectivity index (χ0v) is 17.7. The van der Waals surface area contributed by atoms with Gasteiger partial charge in [-0.25, -0.2) is 9.07 Å². The summed E-state index contributed by atoms with van der Waals surface area (Å²) in [5.41, 5.74) is 6.66. The van der Waals surface area contributed by atoms with Crippen LogP contribution >= 0.6 is 0 Å². The van der Waals surface area contributed by atoms with Gasteiger partial charge in [-0.1, -0.05) is 6.07 Å². The number of rotatable bonds is 2. The first kappa shape index (κ1) is 18.8. The van der Waals surface area contributed by atoms with Gasteiger partial charge in [0.1, 0.15) is 24.7 Å². The summed E-state index contributed by atoms with van der Waals surface area (Å²) in [7, 11) is 0. The first-order valence-corrected chi connectivity index (χ1v) is 10.5. The molecule has 0 unspecified atom stereocenters. The Morgan fingerprint density at radius 1 is 0.844 bits per heavy atom. The maximum atomic E-state index is 13.6. The van der Waals surface area contributed by atoms with Gasteiger partial charge >= 0.3 is 0 Å². The normalized spacial score (nSPS) is 13.1. The van der Waals surface area contributed by atoms with E-state index in [0.717, 1.165) is 38.8 Å². The van der Waals surface area contributed by atoms with E-state index in [4.69, 9.17) is 19.6 Å². The monoisotopic (exact) mass is 425 g/mol. The molecule has 1 aliphatic rings. The first-order valence-electron chi connectivity index (χ1n) is 10.5. The van der Waals surface area contributed by atoms with Crippen LogP contribution in [0.4, 0.5) is 4.39 Å². The van der Waals surface area contributed by atoms with Crippen molar-refractivity contribution in [1.29, 1.82) is 0 Å². The van der Waals surface area contributed by atoms with E-state index >= 15 is 0 Å². The van der Waals surface area contributed by atoms with Gasteiger partial charge in [0.05, 0.1) is 16.7 Å². The summed E-state index contributed by atoms with van der Waals surface area (Å²) < 4.78 is 27.1. The number of fused-ring (bicyclic) bond motifs is 4. The first-order chi connectivity index (χ1) is 15.6. The second-order valence-corrected chi connectivity index (χ2v) is 8.07. The fourth-order valence-corrected chi connectivity index (χ4v) is 4.19. The largest absolute Gasteiger partial charge is 0.486 e. The van der Waals surface area contributed by atoms with Crippen molar-refractivity contribution >= 4 is 21.8 Å². The number of pyridine rings is 1. The molecular weight excluding hydrogens is 405 g/mol. The molecule has 0 saturated carbocycles. The topological polar surface area (TPSA) is 49.2 Å².